The van der Waals surface area contributed by atoms with Gasteiger partial charge in [-0.1, -0.05) is 24.3 Å². The number of nitrogens with zero attached hydrogens (tertiary/aromatic N) is 1. The molecule has 0 spiro atoms. The second-order valence-corrected chi connectivity index (χ2v) is 6.04. The Morgan fingerprint density at radius 2 is 1.65 bits per heavy atom. The number of rotatable bonds is 2. The van der Waals surface area contributed by atoms with Gasteiger partial charge >= 0.3 is 7.12 Å². The topological polar surface area (TPSA) is 44.5 Å². The molecule has 0 bridgehead atoms. The van der Waals surface area contributed by atoms with E-state index in [-0.39, 0.29) is 11.2 Å². The molecule has 0 aliphatic carbocycles. The average Bonchev–Trinajstić information content (AvgIpc) is 2.97. The largest absolute Gasteiger partial charge is 0.495 e. The summed E-state index contributed by atoms with van der Waals surface area (Å²) in [5, 5.41) is 0. The molecule has 1 aliphatic rings. The first-order chi connectivity index (χ1) is 9.41. The van der Waals surface area contributed by atoms with Gasteiger partial charge in [0.2, 0.25) is 0 Å². The van der Waals surface area contributed by atoms with Crippen molar-refractivity contribution in [2.45, 2.75) is 38.9 Å². The summed E-state index contributed by atoms with van der Waals surface area (Å²) in [7, 11) is -0.402. The molecular weight excluding hydrogens is 253 g/mol. The Kier molecular flexibility index (Phi) is 2.99. The monoisotopic (exact) mass is 271 g/mol. The van der Waals surface area contributed by atoms with Gasteiger partial charge < -0.3 is 13.7 Å². The van der Waals surface area contributed by atoms with Gasteiger partial charge in [0, 0.05) is 5.56 Å². The summed E-state index contributed by atoms with van der Waals surface area (Å²) >= 11 is 0. The molecule has 0 amide bonds. The summed E-state index contributed by atoms with van der Waals surface area (Å²) in [4.78, 5) is 3.98. The van der Waals surface area contributed by atoms with Crippen molar-refractivity contribution in [3.63, 3.8) is 0 Å². The average molecular weight is 271 g/mol. The van der Waals surface area contributed by atoms with Crippen molar-refractivity contribution in [2.75, 3.05) is 0 Å². The smallest absolute Gasteiger partial charge is 0.444 e. The number of benzene rings is 1. The van der Waals surface area contributed by atoms with E-state index in [1.807, 2.05) is 52.0 Å². The second kappa shape index (κ2) is 4.47. The Balaban J connectivity index is 2.01. The summed E-state index contributed by atoms with van der Waals surface area (Å²) in [6.07, 6.45) is 3.13. The molecule has 2 heterocycles. The Morgan fingerprint density at radius 1 is 1.00 bits per heavy atom. The quantitative estimate of drug-likeness (QED) is 0.787. The Labute approximate surface area is 119 Å². The van der Waals surface area contributed by atoms with Crippen LogP contribution in [0.25, 0.3) is 11.3 Å². The zero-order valence-electron chi connectivity index (χ0n) is 12.2. The van der Waals surface area contributed by atoms with Crippen LogP contribution >= 0.6 is 0 Å². The van der Waals surface area contributed by atoms with Gasteiger partial charge in [0.25, 0.3) is 0 Å². The summed E-state index contributed by atoms with van der Waals surface area (Å²) in [6, 6.07) is 7.92. The summed E-state index contributed by atoms with van der Waals surface area (Å²) in [6.45, 7) is 8.18. The molecule has 4 nitrogen and oxygen atoms in total. The molecule has 5 heteroatoms. The molecule has 0 N–H and O–H groups in total. The number of hydrogen-bond acceptors (Lipinski definition) is 4. The van der Waals surface area contributed by atoms with E-state index in [9.17, 15) is 0 Å². The van der Waals surface area contributed by atoms with Crippen LogP contribution in [-0.4, -0.2) is 23.3 Å². The van der Waals surface area contributed by atoms with Crippen LogP contribution in [0.5, 0.6) is 0 Å². The summed E-state index contributed by atoms with van der Waals surface area (Å²) < 4.78 is 17.6. The molecule has 20 heavy (non-hydrogen) atoms. The lowest BCUT2D eigenvalue weighted by atomic mass is 9.75. The van der Waals surface area contributed by atoms with E-state index < -0.39 is 7.12 Å². The maximum absolute atomic E-state index is 6.10. The van der Waals surface area contributed by atoms with Gasteiger partial charge in [-0.15, -0.1) is 0 Å². The van der Waals surface area contributed by atoms with E-state index in [0.717, 1.165) is 16.8 Å². The van der Waals surface area contributed by atoms with Crippen LogP contribution in [0.2, 0.25) is 0 Å². The minimum Gasteiger partial charge on any atom is -0.444 e. The fourth-order valence-electron chi connectivity index (χ4n) is 2.25. The first-order valence-corrected chi connectivity index (χ1v) is 6.74. The van der Waals surface area contributed by atoms with Crippen molar-refractivity contribution in [1.82, 2.24) is 4.98 Å². The third-order valence-electron chi connectivity index (χ3n) is 4.17. The van der Waals surface area contributed by atoms with E-state index in [1.165, 1.54) is 6.39 Å². The number of hydrogen-bond donors (Lipinski definition) is 0. The van der Waals surface area contributed by atoms with Crippen LogP contribution in [0.3, 0.4) is 0 Å². The Morgan fingerprint density at radius 3 is 2.25 bits per heavy atom. The molecular formula is C15H18BNO3. The van der Waals surface area contributed by atoms with Crippen molar-refractivity contribution >= 4 is 12.6 Å². The third-order valence-corrected chi connectivity index (χ3v) is 4.17. The second-order valence-electron chi connectivity index (χ2n) is 6.04. The predicted octanol–water partition coefficient (Wildman–Crippen LogP) is 2.64. The van der Waals surface area contributed by atoms with Crippen LogP contribution < -0.4 is 5.46 Å². The maximum Gasteiger partial charge on any atom is 0.495 e. The predicted molar refractivity (Wildman–Crippen MR) is 77.7 cm³/mol. The van der Waals surface area contributed by atoms with E-state index in [4.69, 9.17) is 13.7 Å². The lowest BCUT2D eigenvalue weighted by molar-refractivity contribution is 0.00578. The van der Waals surface area contributed by atoms with Crippen LogP contribution in [0, 0.1) is 0 Å². The van der Waals surface area contributed by atoms with E-state index >= 15 is 0 Å². The fraction of sp³-hybridized carbons (Fsp3) is 0.400. The molecule has 2 aromatic rings. The Hall–Kier alpha value is -1.59. The van der Waals surface area contributed by atoms with Crippen molar-refractivity contribution < 1.29 is 13.7 Å². The minimum atomic E-state index is -0.402. The molecule has 1 aromatic heterocycles. The van der Waals surface area contributed by atoms with Crippen LogP contribution in [-0.2, 0) is 9.31 Å². The highest BCUT2D eigenvalue weighted by Gasteiger charge is 2.52. The fourth-order valence-corrected chi connectivity index (χ4v) is 2.25. The van der Waals surface area contributed by atoms with Gasteiger partial charge in [-0.05, 0) is 33.2 Å². The molecule has 0 saturated carbocycles. The van der Waals surface area contributed by atoms with E-state index in [1.54, 1.807) is 6.20 Å². The molecule has 1 fully saturated rings. The van der Waals surface area contributed by atoms with Gasteiger partial charge in [0.15, 0.2) is 12.2 Å². The van der Waals surface area contributed by atoms with Crippen molar-refractivity contribution in [3.05, 3.63) is 36.9 Å². The molecule has 1 saturated heterocycles. The number of oxazole rings is 1. The van der Waals surface area contributed by atoms with Crippen LogP contribution in [0.15, 0.2) is 41.3 Å². The first-order valence-electron chi connectivity index (χ1n) is 6.74. The lowest BCUT2D eigenvalue weighted by Gasteiger charge is -2.32. The maximum atomic E-state index is 6.10. The lowest BCUT2D eigenvalue weighted by Crippen LogP contribution is -2.41. The first kappa shape index (κ1) is 13.4. The summed E-state index contributed by atoms with van der Waals surface area (Å²) in [5.74, 6) is 0.718. The SMILES string of the molecule is CC1(C)OB(c2ccccc2-c2cnco2)OC1(C)C. The van der Waals surface area contributed by atoms with Crippen LogP contribution in [0.1, 0.15) is 27.7 Å². The molecule has 0 unspecified atom stereocenters. The normalized spacial score (nSPS) is 20.3. The molecule has 1 aliphatic heterocycles. The highest BCUT2D eigenvalue weighted by Crippen LogP contribution is 2.37. The van der Waals surface area contributed by atoms with Gasteiger partial charge in [0.05, 0.1) is 17.4 Å². The molecule has 0 radical (unpaired) electrons. The van der Waals surface area contributed by atoms with Gasteiger partial charge in [0.1, 0.15) is 0 Å². The molecule has 3 rings (SSSR count). The highest BCUT2D eigenvalue weighted by molar-refractivity contribution is 6.63. The molecule has 104 valence electrons. The summed E-state index contributed by atoms with van der Waals surface area (Å²) in [5.41, 5.74) is 1.20. The van der Waals surface area contributed by atoms with Crippen LogP contribution in [0.4, 0.5) is 0 Å². The van der Waals surface area contributed by atoms with Crippen molar-refractivity contribution in [2.24, 2.45) is 0 Å². The minimum absolute atomic E-state index is 0.355. The number of aromatic nitrogens is 1. The zero-order valence-corrected chi connectivity index (χ0v) is 12.2. The zero-order chi connectivity index (χ0) is 14.4. The standard InChI is InChI=1S/C15H18BNO3/c1-14(2)15(3,4)20-16(19-14)12-8-6-5-7-11(12)13-9-17-10-18-13/h5-10H,1-4H3. The molecule has 1 aromatic carbocycles. The van der Waals surface area contributed by atoms with Crippen molar-refractivity contribution in [3.8, 4) is 11.3 Å². The van der Waals surface area contributed by atoms with E-state index in [0.29, 0.717) is 0 Å². The molecule has 0 atom stereocenters. The van der Waals surface area contributed by atoms with Crippen molar-refractivity contribution in [1.29, 1.82) is 0 Å². The third kappa shape index (κ3) is 2.07. The van der Waals surface area contributed by atoms with Gasteiger partial charge in [-0.3, -0.25) is 0 Å². The van der Waals surface area contributed by atoms with E-state index in [2.05, 4.69) is 4.98 Å². The van der Waals surface area contributed by atoms with Gasteiger partial charge in [-0.25, -0.2) is 4.98 Å². The highest BCUT2D eigenvalue weighted by atomic mass is 16.7. The Bertz CT molecular complexity index is 591. The van der Waals surface area contributed by atoms with Gasteiger partial charge in [-0.2, -0.15) is 0 Å².